The van der Waals surface area contributed by atoms with E-state index >= 15 is 0 Å². The average Bonchev–Trinajstić information content (AvgIpc) is 2.31. The molecule has 1 N–H and O–H groups in total. The lowest BCUT2D eigenvalue weighted by Gasteiger charge is -1.87. The number of carbonyl (C=O) groups excluding carboxylic acids is 1. The molecule has 1 rings (SSSR count). The molecular weight excluding hydrogens is 134 g/mol. The number of imidazole rings is 1. The molecule has 0 amide bonds. The van der Waals surface area contributed by atoms with Crippen molar-refractivity contribution >= 4 is 6.08 Å². The minimum atomic E-state index is -0.279. The van der Waals surface area contributed by atoms with E-state index in [4.69, 9.17) is 0 Å². The van der Waals surface area contributed by atoms with Gasteiger partial charge in [-0.15, -0.1) is 0 Å². The van der Waals surface area contributed by atoms with Crippen LogP contribution in [-0.4, -0.2) is 15.6 Å². The minimum Gasteiger partial charge on any atom is -0.313 e. The Morgan fingerprint density at radius 1 is 1.80 bits per heavy atom. The third kappa shape index (κ3) is 1.21. The normalized spacial score (nSPS) is 8.80. The zero-order valence-corrected chi connectivity index (χ0v) is 5.07. The third-order valence-corrected chi connectivity index (χ3v) is 1.01. The summed E-state index contributed by atoms with van der Waals surface area (Å²) in [5.41, 5.74) is -0.279. The van der Waals surface area contributed by atoms with Gasteiger partial charge in [0.1, 0.15) is 6.67 Å². The molecular formula is C5H5N3O2. The van der Waals surface area contributed by atoms with Crippen molar-refractivity contribution in [1.82, 2.24) is 9.55 Å². The summed E-state index contributed by atoms with van der Waals surface area (Å²) in [7, 11) is 0. The fourth-order valence-electron chi connectivity index (χ4n) is 0.566. The fourth-order valence-corrected chi connectivity index (χ4v) is 0.566. The molecule has 1 heterocycles. The van der Waals surface area contributed by atoms with Crippen LogP contribution < -0.4 is 5.69 Å². The molecule has 0 radical (unpaired) electrons. The van der Waals surface area contributed by atoms with Gasteiger partial charge in [-0.25, -0.2) is 9.59 Å². The van der Waals surface area contributed by atoms with Crippen molar-refractivity contribution in [1.29, 1.82) is 0 Å². The van der Waals surface area contributed by atoms with Gasteiger partial charge in [0.2, 0.25) is 6.08 Å². The molecule has 0 aliphatic carbocycles. The van der Waals surface area contributed by atoms with Crippen LogP contribution >= 0.6 is 0 Å². The maximum atomic E-state index is 10.6. The second kappa shape index (κ2) is 2.80. The van der Waals surface area contributed by atoms with Gasteiger partial charge in [0.25, 0.3) is 0 Å². The van der Waals surface area contributed by atoms with E-state index in [9.17, 15) is 9.59 Å². The molecule has 52 valence electrons. The van der Waals surface area contributed by atoms with Gasteiger partial charge in [0, 0.05) is 12.4 Å². The van der Waals surface area contributed by atoms with Crippen LogP contribution in [0.3, 0.4) is 0 Å². The number of hydrogen-bond donors (Lipinski definition) is 1. The smallest absolute Gasteiger partial charge is 0.313 e. The van der Waals surface area contributed by atoms with Gasteiger partial charge in [0.05, 0.1) is 0 Å². The molecule has 0 saturated carbocycles. The average molecular weight is 139 g/mol. The molecule has 0 aliphatic rings. The fraction of sp³-hybridized carbons (Fsp3) is 0.200. The lowest BCUT2D eigenvalue weighted by atomic mass is 10.9. The Morgan fingerprint density at radius 2 is 2.60 bits per heavy atom. The first-order valence-corrected chi connectivity index (χ1v) is 2.62. The summed E-state index contributed by atoms with van der Waals surface area (Å²) in [5, 5.41) is 0. The quantitative estimate of drug-likeness (QED) is 0.442. The lowest BCUT2D eigenvalue weighted by Crippen LogP contribution is -2.14. The van der Waals surface area contributed by atoms with Gasteiger partial charge in [0.15, 0.2) is 0 Å². The zero-order valence-electron chi connectivity index (χ0n) is 5.07. The molecule has 0 unspecified atom stereocenters. The Hall–Kier alpha value is -1.61. The lowest BCUT2D eigenvalue weighted by molar-refractivity contribution is 0.558. The van der Waals surface area contributed by atoms with Gasteiger partial charge in [-0.2, -0.15) is 4.99 Å². The second-order valence-corrected chi connectivity index (χ2v) is 1.63. The van der Waals surface area contributed by atoms with Crippen molar-refractivity contribution < 1.29 is 4.79 Å². The summed E-state index contributed by atoms with van der Waals surface area (Å²) in [6.45, 7) is 0.0336. The molecule has 0 fully saturated rings. The van der Waals surface area contributed by atoms with E-state index in [-0.39, 0.29) is 12.4 Å². The summed E-state index contributed by atoms with van der Waals surface area (Å²) in [6.07, 6.45) is 4.31. The van der Waals surface area contributed by atoms with Crippen LogP contribution in [0, 0.1) is 0 Å². The number of H-pyrrole nitrogens is 1. The van der Waals surface area contributed by atoms with E-state index in [1.54, 1.807) is 0 Å². The topological polar surface area (TPSA) is 67.2 Å². The van der Waals surface area contributed by atoms with Crippen LogP contribution in [-0.2, 0) is 11.5 Å². The van der Waals surface area contributed by atoms with E-state index in [0.717, 1.165) is 0 Å². The van der Waals surface area contributed by atoms with Gasteiger partial charge in [-0.3, -0.25) is 4.57 Å². The Morgan fingerprint density at radius 3 is 3.10 bits per heavy atom. The first kappa shape index (κ1) is 6.51. The predicted molar refractivity (Wildman–Crippen MR) is 33.2 cm³/mol. The largest absolute Gasteiger partial charge is 0.327 e. The molecule has 5 nitrogen and oxygen atoms in total. The predicted octanol–water partition coefficient (Wildman–Crippen LogP) is -0.530. The maximum absolute atomic E-state index is 10.6. The summed E-state index contributed by atoms with van der Waals surface area (Å²) < 4.78 is 1.25. The van der Waals surface area contributed by atoms with Crippen LogP contribution in [0.25, 0.3) is 0 Å². The molecule has 10 heavy (non-hydrogen) atoms. The minimum absolute atomic E-state index is 0.0336. The Bertz CT molecular complexity index is 305. The number of isocyanates is 1. The highest BCUT2D eigenvalue weighted by Crippen LogP contribution is 1.77. The first-order valence-electron chi connectivity index (χ1n) is 2.62. The van der Waals surface area contributed by atoms with Crippen LogP contribution in [0.1, 0.15) is 0 Å². The van der Waals surface area contributed by atoms with Crippen LogP contribution in [0.4, 0.5) is 0 Å². The van der Waals surface area contributed by atoms with E-state index in [1.165, 1.54) is 23.0 Å². The molecule has 0 atom stereocenters. The highest BCUT2D eigenvalue weighted by Gasteiger charge is 1.90. The third-order valence-electron chi connectivity index (χ3n) is 1.01. The second-order valence-electron chi connectivity index (χ2n) is 1.63. The molecule has 0 spiro atoms. The van der Waals surface area contributed by atoms with Crippen molar-refractivity contribution in [3.8, 4) is 0 Å². The molecule has 0 aliphatic heterocycles. The van der Waals surface area contributed by atoms with E-state index in [0.29, 0.717) is 0 Å². The number of nitrogens with zero attached hydrogens (tertiary/aromatic N) is 2. The van der Waals surface area contributed by atoms with E-state index < -0.39 is 0 Å². The van der Waals surface area contributed by atoms with Crippen molar-refractivity contribution in [2.45, 2.75) is 6.67 Å². The monoisotopic (exact) mass is 139 g/mol. The van der Waals surface area contributed by atoms with Gasteiger partial charge in [-0.1, -0.05) is 0 Å². The number of rotatable bonds is 2. The number of nitrogens with one attached hydrogen (secondary N) is 1. The molecule has 0 aromatic carbocycles. The maximum Gasteiger partial charge on any atom is 0.327 e. The van der Waals surface area contributed by atoms with Gasteiger partial charge < -0.3 is 4.98 Å². The molecule has 5 heteroatoms. The highest BCUT2D eigenvalue weighted by atomic mass is 16.1. The zero-order chi connectivity index (χ0) is 7.40. The van der Waals surface area contributed by atoms with E-state index in [2.05, 4.69) is 9.98 Å². The van der Waals surface area contributed by atoms with Crippen LogP contribution in [0.5, 0.6) is 0 Å². The molecule has 0 saturated heterocycles. The summed E-state index contributed by atoms with van der Waals surface area (Å²) in [6, 6.07) is 0. The van der Waals surface area contributed by atoms with Crippen LogP contribution in [0.2, 0.25) is 0 Å². The Balaban J connectivity index is 2.84. The summed E-state index contributed by atoms with van der Waals surface area (Å²) in [4.78, 5) is 25.8. The standard InChI is InChI=1S/C5H5N3O2/c9-4-6-3-8-2-1-7-5(8)10/h1-2H,3H2,(H,7,10). The highest BCUT2D eigenvalue weighted by molar-refractivity contribution is 5.32. The molecule has 1 aromatic rings. The van der Waals surface area contributed by atoms with Gasteiger partial charge in [-0.05, 0) is 0 Å². The molecule has 1 aromatic heterocycles. The number of aliphatic imine (C=N–C) groups is 1. The molecule has 0 bridgehead atoms. The Kier molecular flexibility index (Phi) is 1.82. The number of aromatic nitrogens is 2. The van der Waals surface area contributed by atoms with Crippen LogP contribution in [0.15, 0.2) is 22.2 Å². The van der Waals surface area contributed by atoms with Crippen molar-refractivity contribution in [2.75, 3.05) is 0 Å². The summed E-state index contributed by atoms with van der Waals surface area (Å²) >= 11 is 0. The van der Waals surface area contributed by atoms with Crippen molar-refractivity contribution in [2.24, 2.45) is 4.99 Å². The Labute approximate surface area is 56.0 Å². The van der Waals surface area contributed by atoms with Crippen molar-refractivity contribution in [3.63, 3.8) is 0 Å². The van der Waals surface area contributed by atoms with Gasteiger partial charge >= 0.3 is 5.69 Å². The first-order chi connectivity index (χ1) is 4.84. The SMILES string of the molecule is O=C=NCn1cc[nH]c1=O. The summed E-state index contributed by atoms with van der Waals surface area (Å²) in [5.74, 6) is 0. The number of aromatic amines is 1. The van der Waals surface area contributed by atoms with Crippen molar-refractivity contribution in [3.05, 3.63) is 22.9 Å². The number of hydrogen-bond acceptors (Lipinski definition) is 3. The van der Waals surface area contributed by atoms with E-state index in [1.807, 2.05) is 0 Å².